The molecular weight excluding hydrogens is 410 g/mol. The van der Waals surface area contributed by atoms with Crippen LogP contribution < -0.4 is 5.43 Å². The van der Waals surface area contributed by atoms with Gasteiger partial charge in [-0.15, -0.1) is 0 Å². The van der Waals surface area contributed by atoms with Gasteiger partial charge in [0.05, 0.1) is 0 Å². The number of likely N-dealkylation sites (tertiary alicyclic amines) is 2. The van der Waals surface area contributed by atoms with Crippen LogP contribution in [0.15, 0.2) is 41.2 Å². The van der Waals surface area contributed by atoms with Gasteiger partial charge in [0, 0.05) is 43.6 Å². The number of carbonyl (C=O) groups excluding carboxylic acids is 1. The third kappa shape index (κ3) is 5.57. The molecule has 1 aromatic carbocycles. The van der Waals surface area contributed by atoms with E-state index in [1.807, 2.05) is 11.8 Å². The summed E-state index contributed by atoms with van der Waals surface area (Å²) < 4.78 is 2.23. The van der Waals surface area contributed by atoms with Crippen molar-refractivity contribution in [2.75, 3.05) is 32.7 Å². The summed E-state index contributed by atoms with van der Waals surface area (Å²) in [6.45, 7) is 9.64. The molecule has 2 fully saturated rings. The fourth-order valence-electron chi connectivity index (χ4n) is 5.68. The van der Waals surface area contributed by atoms with Crippen LogP contribution in [0.1, 0.15) is 78.7 Å². The Morgan fingerprint density at radius 2 is 1.70 bits per heavy atom. The molecule has 33 heavy (non-hydrogen) atoms. The molecule has 1 aromatic heterocycles. The van der Waals surface area contributed by atoms with E-state index < -0.39 is 0 Å². The number of aromatic nitrogens is 1. The van der Waals surface area contributed by atoms with E-state index in [2.05, 4.69) is 46.7 Å². The summed E-state index contributed by atoms with van der Waals surface area (Å²) in [6, 6.07) is 12.3. The van der Waals surface area contributed by atoms with Gasteiger partial charge in [-0.05, 0) is 70.0 Å². The zero-order valence-corrected chi connectivity index (χ0v) is 20.4. The maximum absolute atomic E-state index is 13.7. The number of carbonyl (C=O) groups is 1. The Balaban J connectivity index is 1.53. The molecule has 0 radical (unpaired) electrons. The highest BCUT2D eigenvalue weighted by molar-refractivity contribution is 5.95. The van der Waals surface area contributed by atoms with Crippen molar-refractivity contribution < 1.29 is 4.79 Å². The van der Waals surface area contributed by atoms with Gasteiger partial charge in [-0.1, -0.05) is 43.7 Å². The van der Waals surface area contributed by atoms with Gasteiger partial charge in [0.25, 0.3) is 5.91 Å². The molecule has 5 nitrogen and oxygen atoms in total. The van der Waals surface area contributed by atoms with Crippen LogP contribution in [0, 0.1) is 6.92 Å². The molecule has 3 heterocycles. The molecule has 0 unspecified atom stereocenters. The summed E-state index contributed by atoms with van der Waals surface area (Å²) in [5, 5.41) is 0. The molecule has 0 bridgehead atoms. The Kier molecular flexibility index (Phi) is 8.02. The number of pyridine rings is 1. The molecule has 178 valence electrons. The average Bonchev–Trinajstić information content (AvgIpc) is 3.10. The molecule has 2 aliphatic rings. The number of benzene rings is 1. The second-order valence-corrected chi connectivity index (χ2v) is 9.71. The fourth-order valence-corrected chi connectivity index (χ4v) is 5.68. The summed E-state index contributed by atoms with van der Waals surface area (Å²) in [7, 11) is 0. The molecule has 0 aliphatic carbocycles. The lowest BCUT2D eigenvalue weighted by Crippen LogP contribution is -2.38. The summed E-state index contributed by atoms with van der Waals surface area (Å²) in [4.78, 5) is 31.2. The first kappa shape index (κ1) is 23.7. The summed E-state index contributed by atoms with van der Waals surface area (Å²) >= 11 is 0. The molecule has 5 heteroatoms. The van der Waals surface area contributed by atoms with Crippen LogP contribution in [0.2, 0.25) is 0 Å². The quantitative estimate of drug-likeness (QED) is 0.647. The lowest BCUT2D eigenvalue weighted by molar-refractivity contribution is 0.0757. The number of amides is 1. The lowest BCUT2D eigenvalue weighted by Gasteiger charge is -2.29. The van der Waals surface area contributed by atoms with Crippen molar-refractivity contribution in [2.24, 2.45) is 0 Å². The second kappa shape index (κ2) is 11.1. The van der Waals surface area contributed by atoms with Crippen molar-refractivity contribution in [3.8, 4) is 0 Å². The number of hydrogen-bond acceptors (Lipinski definition) is 3. The van der Waals surface area contributed by atoms with Gasteiger partial charge in [0.15, 0.2) is 5.43 Å². The molecule has 2 aromatic rings. The van der Waals surface area contributed by atoms with Gasteiger partial charge in [0.1, 0.15) is 5.56 Å². The van der Waals surface area contributed by atoms with Crippen LogP contribution in [0.4, 0.5) is 0 Å². The molecule has 0 spiro atoms. The smallest absolute Gasteiger partial charge is 0.259 e. The first-order valence-electron chi connectivity index (χ1n) is 12.9. The number of nitrogens with zero attached hydrogens (tertiary/aromatic N) is 3. The van der Waals surface area contributed by atoms with E-state index in [0.717, 1.165) is 63.4 Å². The third-order valence-corrected chi connectivity index (χ3v) is 7.55. The fraction of sp³-hybridized carbons (Fsp3) is 0.571. The molecule has 2 aliphatic heterocycles. The van der Waals surface area contributed by atoms with E-state index >= 15 is 0 Å². The number of rotatable bonds is 6. The third-order valence-electron chi connectivity index (χ3n) is 7.55. The Hall–Kier alpha value is -2.40. The van der Waals surface area contributed by atoms with Crippen LogP contribution in [0.5, 0.6) is 0 Å². The maximum atomic E-state index is 13.7. The largest absolute Gasteiger partial charge is 0.347 e. The highest BCUT2D eigenvalue weighted by Gasteiger charge is 2.27. The molecular formula is C28H39N3O2. The minimum atomic E-state index is -0.118. The average molecular weight is 450 g/mol. The van der Waals surface area contributed by atoms with Crippen LogP contribution in [-0.4, -0.2) is 53.0 Å². The van der Waals surface area contributed by atoms with Gasteiger partial charge in [-0.2, -0.15) is 0 Å². The molecule has 0 saturated carbocycles. The van der Waals surface area contributed by atoms with Crippen LogP contribution in [0.3, 0.4) is 0 Å². The number of aryl methyl sites for hydroxylation is 1. The molecule has 1 amide bonds. The second-order valence-electron chi connectivity index (χ2n) is 9.71. The van der Waals surface area contributed by atoms with Crippen molar-refractivity contribution in [3.63, 3.8) is 0 Å². The first-order chi connectivity index (χ1) is 16.1. The Bertz CT molecular complexity index is 992. The van der Waals surface area contributed by atoms with Crippen molar-refractivity contribution in [1.29, 1.82) is 0 Å². The zero-order chi connectivity index (χ0) is 23.2. The molecule has 2 saturated heterocycles. The van der Waals surface area contributed by atoms with E-state index in [0.29, 0.717) is 24.4 Å². The van der Waals surface area contributed by atoms with Crippen molar-refractivity contribution >= 4 is 5.91 Å². The van der Waals surface area contributed by atoms with E-state index in [1.54, 1.807) is 6.07 Å². The SMILES string of the molecule is CCc1c(C(=O)N2CCC[C@H](c3ccccc3)CC2)c(=O)cc(C)n1CCN1CCCCC1. The van der Waals surface area contributed by atoms with Gasteiger partial charge in [0.2, 0.25) is 0 Å². The zero-order valence-electron chi connectivity index (χ0n) is 20.4. The molecule has 0 N–H and O–H groups in total. The van der Waals surface area contributed by atoms with Gasteiger partial charge >= 0.3 is 0 Å². The summed E-state index contributed by atoms with van der Waals surface area (Å²) in [5.74, 6) is 0.408. The van der Waals surface area contributed by atoms with Crippen molar-refractivity contribution in [3.05, 3.63) is 69.1 Å². The van der Waals surface area contributed by atoms with Gasteiger partial charge in [-0.25, -0.2) is 0 Å². The van der Waals surface area contributed by atoms with E-state index in [9.17, 15) is 9.59 Å². The predicted octanol–water partition coefficient (Wildman–Crippen LogP) is 4.61. The van der Waals surface area contributed by atoms with Crippen molar-refractivity contribution in [2.45, 2.75) is 71.3 Å². The monoisotopic (exact) mass is 449 g/mol. The number of hydrogen-bond donors (Lipinski definition) is 0. The normalized spacial score (nSPS) is 19.9. The predicted molar refractivity (Wildman–Crippen MR) is 134 cm³/mol. The minimum absolute atomic E-state index is 0.0720. The highest BCUT2D eigenvalue weighted by Crippen LogP contribution is 2.28. The summed E-state index contributed by atoms with van der Waals surface area (Å²) in [6.07, 6.45) is 7.57. The standard InChI is InChI=1S/C28H39N3O2/c1-3-25-27(26(32)21-22(2)31(25)20-19-29-15-8-5-9-16-29)28(33)30-17-10-13-24(14-18-30)23-11-6-4-7-12-23/h4,6-7,11-12,21,24H,3,5,8-10,13-20H2,1-2H3/t24-/m0/s1. The van der Waals surface area contributed by atoms with E-state index in [4.69, 9.17) is 0 Å². The maximum Gasteiger partial charge on any atom is 0.259 e. The summed E-state index contributed by atoms with van der Waals surface area (Å²) in [5.41, 5.74) is 3.51. The van der Waals surface area contributed by atoms with Crippen LogP contribution >= 0.6 is 0 Å². The van der Waals surface area contributed by atoms with Gasteiger partial charge < -0.3 is 14.4 Å². The van der Waals surface area contributed by atoms with Crippen molar-refractivity contribution in [1.82, 2.24) is 14.4 Å². The number of piperidine rings is 1. The van der Waals surface area contributed by atoms with Gasteiger partial charge in [-0.3, -0.25) is 9.59 Å². The Morgan fingerprint density at radius 3 is 2.42 bits per heavy atom. The first-order valence-corrected chi connectivity index (χ1v) is 12.9. The highest BCUT2D eigenvalue weighted by atomic mass is 16.2. The Morgan fingerprint density at radius 1 is 0.939 bits per heavy atom. The topological polar surface area (TPSA) is 45.6 Å². The lowest BCUT2D eigenvalue weighted by atomic mass is 9.92. The van der Waals surface area contributed by atoms with Crippen LogP contribution in [-0.2, 0) is 13.0 Å². The molecule has 4 rings (SSSR count). The van der Waals surface area contributed by atoms with E-state index in [-0.39, 0.29) is 11.3 Å². The minimum Gasteiger partial charge on any atom is -0.347 e. The molecule has 1 atom stereocenters. The van der Waals surface area contributed by atoms with E-state index in [1.165, 1.54) is 24.8 Å². The van der Waals surface area contributed by atoms with Crippen LogP contribution in [0.25, 0.3) is 0 Å². The Labute approximate surface area is 198 Å².